The first-order valence-corrected chi connectivity index (χ1v) is 12.7. The molecule has 7 N–H and O–H groups in total. The van der Waals surface area contributed by atoms with Gasteiger partial charge in [0.2, 0.25) is 5.91 Å². The number of nitrogen functional groups attached to an aromatic ring is 1. The Labute approximate surface area is 235 Å². The van der Waals surface area contributed by atoms with Crippen LogP contribution in [0.4, 0.5) is 0 Å². The first-order valence-electron chi connectivity index (χ1n) is 12.7. The summed E-state index contributed by atoms with van der Waals surface area (Å²) in [4.78, 5) is 61.7. The fourth-order valence-electron chi connectivity index (χ4n) is 4.13. The maximum absolute atomic E-state index is 12.9. The predicted molar refractivity (Wildman–Crippen MR) is 147 cm³/mol. The number of hydrogen-bond donors (Lipinski definition) is 6. The van der Waals surface area contributed by atoms with Gasteiger partial charge in [-0.15, -0.1) is 0 Å². The van der Waals surface area contributed by atoms with E-state index in [1.165, 1.54) is 30.3 Å². The number of nitrogens with zero attached hydrogens (tertiary/aromatic N) is 1. The number of rotatable bonds is 12. The molecule has 1 aliphatic rings. The molecule has 0 aromatic heterocycles. The van der Waals surface area contributed by atoms with Gasteiger partial charge in [0.05, 0.1) is 12.5 Å². The molecular formula is C28H31N5O8. The van der Waals surface area contributed by atoms with Crippen LogP contribution in [0.25, 0.3) is 6.08 Å². The molecule has 2 aromatic carbocycles. The summed E-state index contributed by atoms with van der Waals surface area (Å²) in [5.74, 6) is -4.19. The highest BCUT2D eigenvalue weighted by Crippen LogP contribution is 2.24. The summed E-state index contributed by atoms with van der Waals surface area (Å²) >= 11 is 0. The van der Waals surface area contributed by atoms with Gasteiger partial charge in [-0.25, -0.2) is 4.79 Å². The lowest BCUT2D eigenvalue weighted by Crippen LogP contribution is -2.40. The van der Waals surface area contributed by atoms with Crippen LogP contribution in [-0.2, 0) is 14.4 Å². The fourth-order valence-corrected chi connectivity index (χ4v) is 4.13. The van der Waals surface area contributed by atoms with Gasteiger partial charge in [-0.1, -0.05) is 12.1 Å². The van der Waals surface area contributed by atoms with Gasteiger partial charge in [0.1, 0.15) is 23.9 Å². The molecule has 1 aliphatic heterocycles. The topological polar surface area (TPSA) is 212 Å². The van der Waals surface area contributed by atoms with Crippen LogP contribution in [0.3, 0.4) is 0 Å². The highest BCUT2D eigenvalue weighted by atomic mass is 16.5. The molecule has 1 fully saturated rings. The van der Waals surface area contributed by atoms with Crippen molar-refractivity contribution < 1.29 is 38.9 Å². The second kappa shape index (κ2) is 13.7. The van der Waals surface area contributed by atoms with E-state index in [1.54, 1.807) is 17.0 Å². The number of carbonyl (C=O) groups is 5. The monoisotopic (exact) mass is 565 g/mol. The number of carboxylic acids is 2. The summed E-state index contributed by atoms with van der Waals surface area (Å²) in [6.07, 6.45) is 2.54. The second-order valence-corrected chi connectivity index (χ2v) is 9.37. The SMILES string of the molecule is CC(=O)NC(=Cc1ccc(C(=N)N)cc1OC[C@@H](CC(=O)O)NC(=O)c1ccc(C(=O)N2CCCC2)cc1)C(=O)O. The number of nitrogens with two attached hydrogens (primary N) is 1. The lowest BCUT2D eigenvalue weighted by Gasteiger charge is -2.20. The number of aliphatic carboxylic acids is 2. The lowest BCUT2D eigenvalue weighted by molar-refractivity contribution is -0.137. The summed E-state index contributed by atoms with van der Waals surface area (Å²) in [5.41, 5.74) is 6.22. The Bertz CT molecular complexity index is 1380. The van der Waals surface area contributed by atoms with Crippen LogP contribution in [0.2, 0.25) is 0 Å². The zero-order valence-corrected chi connectivity index (χ0v) is 22.3. The quantitative estimate of drug-likeness (QED) is 0.125. The fraction of sp³-hybridized carbons (Fsp3) is 0.286. The molecule has 2 aromatic rings. The summed E-state index contributed by atoms with van der Waals surface area (Å²) < 4.78 is 5.79. The largest absolute Gasteiger partial charge is 0.491 e. The van der Waals surface area contributed by atoms with Crippen molar-refractivity contribution in [3.05, 3.63) is 70.4 Å². The van der Waals surface area contributed by atoms with Gasteiger partial charge >= 0.3 is 11.9 Å². The van der Waals surface area contributed by atoms with Crippen molar-refractivity contribution in [1.82, 2.24) is 15.5 Å². The molecule has 3 rings (SSSR count). The molecule has 41 heavy (non-hydrogen) atoms. The van der Waals surface area contributed by atoms with Gasteiger partial charge in [0, 0.05) is 42.3 Å². The molecule has 0 unspecified atom stereocenters. The smallest absolute Gasteiger partial charge is 0.352 e. The maximum atomic E-state index is 12.9. The Kier molecular flexibility index (Phi) is 10.2. The predicted octanol–water partition coefficient (Wildman–Crippen LogP) is 1.42. The molecule has 0 spiro atoms. The summed E-state index contributed by atoms with van der Waals surface area (Å²) in [5, 5.41) is 31.3. The molecule has 3 amide bonds. The highest BCUT2D eigenvalue weighted by Gasteiger charge is 2.22. The number of amides is 3. The average molecular weight is 566 g/mol. The number of ether oxygens (including phenoxy) is 1. The van der Waals surface area contributed by atoms with E-state index in [-0.39, 0.29) is 40.8 Å². The van der Waals surface area contributed by atoms with E-state index in [1.807, 2.05) is 0 Å². The van der Waals surface area contributed by atoms with Crippen LogP contribution in [-0.4, -0.2) is 76.3 Å². The van der Waals surface area contributed by atoms with Crippen LogP contribution in [0.1, 0.15) is 58.0 Å². The molecule has 1 atom stereocenters. The number of likely N-dealkylation sites (tertiary alicyclic amines) is 1. The van der Waals surface area contributed by atoms with Crippen LogP contribution in [0, 0.1) is 5.41 Å². The molecule has 0 radical (unpaired) electrons. The molecule has 0 saturated carbocycles. The van der Waals surface area contributed by atoms with Crippen molar-refractivity contribution in [3.63, 3.8) is 0 Å². The zero-order chi connectivity index (χ0) is 30.1. The summed E-state index contributed by atoms with van der Waals surface area (Å²) in [7, 11) is 0. The van der Waals surface area contributed by atoms with E-state index in [4.69, 9.17) is 15.9 Å². The molecule has 216 valence electrons. The van der Waals surface area contributed by atoms with Crippen molar-refractivity contribution in [2.45, 2.75) is 32.2 Å². The highest BCUT2D eigenvalue weighted by molar-refractivity contribution is 5.99. The summed E-state index contributed by atoms with van der Waals surface area (Å²) in [6.45, 7) is 2.19. The third kappa shape index (κ3) is 8.65. The third-order valence-corrected chi connectivity index (χ3v) is 6.15. The molecule has 0 bridgehead atoms. The number of amidine groups is 1. The number of benzene rings is 2. The van der Waals surface area contributed by atoms with Gasteiger partial charge in [-0.2, -0.15) is 0 Å². The number of hydrogen-bond acceptors (Lipinski definition) is 7. The van der Waals surface area contributed by atoms with Gasteiger partial charge in [-0.3, -0.25) is 24.6 Å². The zero-order valence-electron chi connectivity index (χ0n) is 22.3. The van der Waals surface area contributed by atoms with Crippen molar-refractivity contribution in [2.24, 2.45) is 5.73 Å². The first-order chi connectivity index (χ1) is 19.4. The van der Waals surface area contributed by atoms with E-state index in [0.717, 1.165) is 25.8 Å². The second-order valence-electron chi connectivity index (χ2n) is 9.37. The Hall–Kier alpha value is -5.20. The normalized spacial score (nSPS) is 13.7. The van der Waals surface area contributed by atoms with Crippen molar-refractivity contribution in [2.75, 3.05) is 19.7 Å². The van der Waals surface area contributed by atoms with Gasteiger partial charge in [0.25, 0.3) is 11.8 Å². The Balaban J connectivity index is 1.79. The third-order valence-electron chi connectivity index (χ3n) is 6.15. The van der Waals surface area contributed by atoms with Crippen molar-refractivity contribution in [1.29, 1.82) is 5.41 Å². The minimum absolute atomic E-state index is 0.0382. The first kappa shape index (κ1) is 30.3. The molecule has 1 saturated heterocycles. The van der Waals surface area contributed by atoms with Crippen molar-refractivity contribution in [3.8, 4) is 5.75 Å². The molecule has 0 aliphatic carbocycles. The van der Waals surface area contributed by atoms with E-state index in [9.17, 15) is 34.2 Å². The molecule has 13 nitrogen and oxygen atoms in total. The number of nitrogens with one attached hydrogen (secondary N) is 3. The van der Waals surface area contributed by atoms with Crippen LogP contribution in [0.15, 0.2) is 48.2 Å². The van der Waals surface area contributed by atoms with Gasteiger partial charge < -0.3 is 36.2 Å². The number of carboxylic acid groups (broad SMARTS) is 2. The summed E-state index contributed by atoms with van der Waals surface area (Å²) in [6, 6.07) is 9.25. The number of carbonyl (C=O) groups excluding carboxylic acids is 3. The van der Waals surface area contributed by atoms with Crippen LogP contribution < -0.4 is 21.1 Å². The minimum Gasteiger partial charge on any atom is -0.491 e. The standard InChI is InChI=1S/C28H31N5O8/c1-16(34)31-22(28(39)40)12-19-8-9-20(25(29)30)13-23(19)41-15-21(14-24(35)36)32-26(37)17-4-6-18(7-5-17)27(38)33-10-2-3-11-33/h4-9,12-13,21H,2-3,10-11,14-15H2,1H3,(H3,29,30)(H,31,34)(H,32,37)(H,35,36)(H,39,40)/t21-/m1/s1. The van der Waals surface area contributed by atoms with E-state index in [2.05, 4.69) is 10.6 Å². The van der Waals surface area contributed by atoms with Crippen LogP contribution in [0.5, 0.6) is 5.75 Å². The van der Waals surface area contributed by atoms with Crippen LogP contribution >= 0.6 is 0 Å². The molecule has 1 heterocycles. The average Bonchev–Trinajstić information content (AvgIpc) is 3.46. The molecule has 13 heteroatoms. The Morgan fingerprint density at radius 3 is 2.20 bits per heavy atom. The van der Waals surface area contributed by atoms with Gasteiger partial charge in [-0.05, 0) is 49.2 Å². The van der Waals surface area contributed by atoms with E-state index < -0.39 is 41.9 Å². The maximum Gasteiger partial charge on any atom is 0.352 e. The minimum atomic E-state index is -1.41. The Morgan fingerprint density at radius 1 is 1.02 bits per heavy atom. The molecular weight excluding hydrogens is 534 g/mol. The van der Waals surface area contributed by atoms with E-state index >= 15 is 0 Å². The van der Waals surface area contributed by atoms with E-state index in [0.29, 0.717) is 18.7 Å². The lowest BCUT2D eigenvalue weighted by atomic mass is 10.1. The Morgan fingerprint density at radius 2 is 1.63 bits per heavy atom. The van der Waals surface area contributed by atoms with Gasteiger partial charge in [0.15, 0.2) is 0 Å². The van der Waals surface area contributed by atoms with Crippen molar-refractivity contribution >= 4 is 41.6 Å².